The molecule has 9 nitrogen and oxygen atoms in total. The molecule has 0 saturated carbocycles. The standard InChI is InChI=1S/C19H16F4N8OS/c1-29-15(12(7-24-29)17-26-13(9-33-17)19(21,22)23)16(32)25-11-3-5-31-14(6-11)27-18(28-31)30-4-2-10(20)8-30/h3,5-7,9-10H,2,4,8H2,1H3,(H,25,32). The quantitative estimate of drug-likeness (QED) is 0.450. The number of aryl methyl sites for hydroxylation is 1. The van der Waals surface area contributed by atoms with Crippen LogP contribution in [0.15, 0.2) is 29.9 Å². The molecule has 33 heavy (non-hydrogen) atoms. The molecule has 0 bridgehead atoms. The number of pyridine rings is 1. The van der Waals surface area contributed by atoms with E-state index in [1.807, 2.05) is 0 Å². The molecular formula is C19H16F4N8OS. The first-order valence-corrected chi connectivity index (χ1v) is 10.7. The maximum absolute atomic E-state index is 13.5. The Morgan fingerprint density at radius 3 is 2.82 bits per heavy atom. The van der Waals surface area contributed by atoms with Crippen LogP contribution < -0.4 is 10.2 Å². The second-order valence-corrected chi connectivity index (χ2v) is 8.34. The van der Waals surface area contributed by atoms with Crippen molar-refractivity contribution in [3.8, 4) is 10.6 Å². The summed E-state index contributed by atoms with van der Waals surface area (Å²) in [5.74, 6) is -0.172. The number of nitrogens with zero attached hydrogens (tertiary/aromatic N) is 7. The molecule has 1 amide bonds. The van der Waals surface area contributed by atoms with Crippen molar-refractivity contribution in [3.05, 3.63) is 41.3 Å². The van der Waals surface area contributed by atoms with Crippen LogP contribution >= 0.6 is 11.3 Å². The molecule has 1 aliphatic rings. The van der Waals surface area contributed by atoms with E-state index in [0.29, 0.717) is 30.2 Å². The molecule has 4 aromatic rings. The van der Waals surface area contributed by atoms with Crippen LogP contribution in [0.25, 0.3) is 16.2 Å². The van der Waals surface area contributed by atoms with Gasteiger partial charge >= 0.3 is 6.18 Å². The fourth-order valence-corrected chi connectivity index (χ4v) is 4.40. The molecule has 1 aliphatic heterocycles. The number of carbonyl (C=O) groups excluding carboxylic acids is 1. The summed E-state index contributed by atoms with van der Waals surface area (Å²) in [6, 6.07) is 3.20. The summed E-state index contributed by atoms with van der Waals surface area (Å²) in [7, 11) is 1.51. The third kappa shape index (κ3) is 4.01. The number of aromatic nitrogens is 6. The van der Waals surface area contributed by atoms with E-state index in [9.17, 15) is 22.4 Å². The van der Waals surface area contributed by atoms with Gasteiger partial charge in [-0.2, -0.15) is 23.3 Å². The van der Waals surface area contributed by atoms with Crippen LogP contribution in [-0.2, 0) is 13.2 Å². The molecule has 5 heterocycles. The van der Waals surface area contributed by atoms with Gasteiger partial charge in [-0.15, -0.1) is 16.4 Å². The van der Waals surface area contributed by atoms with Gasteiger partial charge in [0.1, 0.15) is 16.9 Å². The van der Waals surface area contributed by atoms with Gasteiger partial charge in [0, 0.05) is 36.9 Å². The van der Waals surface area contributed by atoms with Gasteiger partial charge in [-0.3, -0.25) is 9.48 Å². The first-order chi connectivity index (χ1) is 15.7. The summed E-state index contributed by atoms with van der Waals surface area (Å²) >= 11 is 0.780. The zero-order chi connectivity index (χ0) is 23.3. The van der Waals surface area contributed by atoms with Crippen LogP contribution in [0.2, 0.25) is 0 Å². The van der Waals surface area contributed by atoms with Crippen LogP contribution in [0.1, 0.15) is 22.6 Å². The van der Waals surface area contributed by atoms with Gasteiger partial charge in [0.2, 0.25) is 5.95 Å². The lowest BCUT2D eigenvalue weighted by molar-refractivity contribution is -0.140. The van der Waals surface area contributed by atoms with Crippen molar-refractivity contribution < 1.29 is 22.4 Å². The highest BCUT2D eigenvalue weighted by molar-refractivity contribution is 7.13. The smallest absolute Gasteiger partial charge is 0.336 e. The van der Waals surface area contributed by atoms with Gasteiger partial charge < -0.3 is 10.2 Å². The molecule has 172 valence electrons. The number of fused-ring (bicyclic) bond motifs is 1. The third-order valence-corrected chi connectivity index (χ3v) is 6.05. The second kappa shape index (κ2) is 7.79. The molecule has 5 rings (SSSR count). The number of alkyl halides is 4. The number of halogens is 4. The molecule has 14 heteroatoms. The lowest BCUT2D eigenvalue weighted by Crippen LogP contribution is -2.21. The van der Waals surface area contributed by atoms with Crippen molar-refractivity contribution in [3.63, 3.8) is 0 Å². The van der Waals surface area contributed by atoms with Crippen molar-refractivity contribution in [1.82, 2.24) is 29.4 Å². The average Bonchev–Trinajstić information content (AvgIpc) is 3.52. The number of amides is 1. The minimum atomic E-state index is -4.58. The monoisotopic (exact) mass is 480 g/mol. The lowest BCUT2D eigenvalue weighted by Gasteiger charge is -2.10. The van der Waals surface area contributed by atoms with Gasteiger partial charge in [0.15, 0.2) is 11.3 Å². The number of hydrogen-bond acceptors (Lipinski definition) is 7. The average molecular weight is 480 g/mol. The zero-order valence-electron chi connectivity index (χ0n) is 17.0. The van der Waals surface area contributed by atoms with Crippen molar-refractivity contribution in [1.29, 1.82) is 0 Å². The van der Waals surface area contributed by atoms with E-state index >= 15 is 0 Å². The molecule has 0 aliphatic carbocycles. The molecule has 0 spiro atoms. The first-order valence-electron chi connectivity index (χ1n) is 9.81. The first kappa shape index (κ1) is 21.3. The van der Waals surface area contributed by atoms with E-state index in [1.54, 1.807) is 23.2 Å². The Morgan fingerprint density at radius 1 is 1.30 bits per heavy atom. The van der Waals surface area contributed by atoms with Gasteiger partial charge in [-0.25, -0.2) is 13.9 Å². The summed E-state index contributed by atoms with van der Waals surface area (Å²) in [4.78, 5) is 22.7. The summed E-state index contributed by atoms with van der Waals surface area (Å²) in [5.41, 5.74) is 0.0776. The van der Waals surface area contributed by atoms with Gasteiger partial charge in [0.05, 0.1) is 18.3 Å². The van der Waals surface area contributed by atoms with Crippen LogP contribution in [0.4, 0.5) is 29.2 Å². The fourth-order valence-electron chi connectivity index (χ4n) is 3.56. The Labute approximate surface area is 187 Å². The van der Waals surface area contributed by atoms with Gasteiger partial charge in [0.25, 0.3) is 5.91 Å². The Hall–Kier alpha value is -3.55. The fraction of sp³-hybridized carbons (Fsp3) is 0.316. The number of thiazole rings is 1. The molecule has 1 saturated heterocycles. The largest absolute Gasteiger partial charge is 0.434 e. The molecule has 1 fully saturated rings. The molecule has 4 aromatic heterocycles. The molecule has 1 atom stereocenters. The Balaban J connectivity index is 1.40. The van der Waals surface area contributed by atoms with Gasteiger partial charge in [-0.1, -0.05) is 0 Å². The van der Waals surface area contributed by atoms with Crippen molar-refractivity contribution in [2.45, 2.75) is 18.8 Å². The SMILES string of the molecule is Cn1ncc(-c2nc(C(F)(F)F)cs2)c1C(=O)Nc1ccn2nc(N3CCC(F)C3)nc2c1. The number of rotatable bonds is 4. The van der Waals surface area contributed by atoms with E-state index < -0.39 is 23.9 Å². The minimum absolute atomic E-state index is 0.0370. The van der Waals surface area contributed by atoms with Crippen LogP contribution in [0, 0.1) is 0 Å². The Bertz CT molecular complexity index is 1340. The summed E-state index contributed by atoms with van der Waals surface area (Å²) in [5, 5.41) is 12.0. The maximum atomic E-state index is 13.5. The van der Waals surface area contributed by atoms with E-state index in [2.05, 4.69) is 25.5 Å². The van der Waals surface area contributed by atoms with Crippen LogP contribution in [-0.4, -0.2) is 54.5 Å². The number of hydrogen-bond donors (Lipinski definition) is 1. The normalized spacial score (nSPS) is 16.6. The predicted molar refractivity (Wildman–Crippen MR) is 112 cm³/mol. The highest BCUT2D eigenvalue weighted by Crippen LogP contribution is 2.34. The van der Waals surface area contributed by atoms with Gasteiger partial charge in [-0.05, 0) is 12.5 Å². The minimum Gasteiger partial charge on any atom is -0.336 e. The molecule has 0 aromatic carbocycles. The van der Waals surface area contributed by atoms with Crippen LogP contribution in [0.3, 0.4) is 0 Å². The lowest BCUT2D eigenvalue weighted by atomic mass is 10.2. The highest BCUT2D eigenvalue weighted by Gasteiger charge is 2.34. The Morgan fingerprint density at radius 2 is 2.12 bits per heavy atom. The predicted octanol–water partition coefficient (Wildman–Crippen LogP) is 3.41. The summed E-state index contributed by atoms with van der Waals surface area (Å²) in [6.45, 7) is 0.758. The van der Waals surface area contributed by atoms with Crippen molar-refractivity contribution in [2.75, 3.05) is 23.3 Å². The molecule has 1 unspecified atom stereocenters. The molecule has 1 N–H and O–H groups in total. The topological polar surface area (TPSA) is 93.2 Å². The summed E-state index contributed by atoms with van der Waals surface area (Å²) in [6.07, 6.45) is -2.16. The van der Waals surface area contributed by atoms with E-state index in [-0.39, 0.29) is 22.8 Å². The van der Waals surface area contributed by atoms with E-state index in [1.165, 1.54) is 22.4 Å². The number of anilines is 2. The molecular weight excluding hydrogens is 464 g/mol. The van der Waals surface area contributed by atoms with Crippen molar-refractivity contribution >= 4 is 34.5 Å². The van der Waals surface area contributed by atoms with Crippen molar-refractivity contribution in [2.24, 2.45) is 7.05 Å². The zero-order valence-corrected chi connectivity index (χ0v) is 17.9. The van der Waals surface area contributed by atoms with E-state index in [0.717, 1.165) is 16.7 Å². The second-order valence-electron chi connectivity index (χ2n) is 7.48. The van der Waals surface area contributed by atoms with Crippen LogP contribution in [0.5, 0.6) is 0 Å². The third-order valence-electron chi connectivity index (χ3n) is 5.18. The van der Waals surface area contributed by atoms with E-state index in [4.69, 9.17) is 0 Å². The number of carbonyl (C=O) groups is 1. The highest BCUT2D eigenvalue weighted by atomic mass is 32.1. The maximum Gasteiger partial charge on any atom is 0.434 e. The molecule has 0 radical (unpaired) electrons. The Kier molecular flexibility index (Phi) is 5.03. The summed E-state index contributed by atoms with van der Waals surface area (Å²) < 4.78 is 55.0. The number of nitrogens with one attached hydrogen (secondary N) is 1.